The predicted octanol–water partition coefficient (Wildman–Crippen LogP) is 2.06. The molecule has 0 bridgehead atoms. The van der Waals surface area contributed by atoms with Gasteiger partial charge in [-0.1, -0.05) is 30.3 Å². The van der Waals surface area contributed by atoms with Crippen molar-refractivity contribution >= 4 is 12.0 Å². The van der Waals surface area contributed by atoms with Gasteiger partial charge in [-0.05, 0) is 39.2 Å². The molecule has 24 heavy (non-hydrogen) atoms. The van der Waals surface area contributed by atoms with E-state index in [1.54, 1.807) is 20.8 Å². The summed E-state index contributed by atoms with van der Waals surface area (Å²) in [5, 5.41) is 12.7. The summed E-state index contributed by atoms with van der Waals surface area (Å²) in [7, 11) is 0. The van der Waals surface area contributed by atoms with Gasteiger partial charge < -0.3 is 15.2 Å². The lowest BCUT2D eigenvalue weighted by molar-refractivity contribution is -0.134. The number of hydrogen-bond acceptors (Lipinski definition) is 4. The van der Waals surface area contributed by atoms with Gasteiger partial charge in [0.15, 0.2) is 0 Å². The fraction of sp³-hybridized carbons (Fsp3) is 0.556. The first-order valence-electron chi connectivity index (χ1n) is 8.22. The van der Waals surface area contributed by atoms with E-state index in [9.17, 15) is 14.7 Å². The van der Waals surface area contributed by atoms with Gasteiger partial charge in [0, 0.05) is 13.1 Å². The number of aliphatic hydroxyl groups is 1. The molecule has 1 saturated heterocycles. The van der Waals surface area contributed by atoms with Gasteiger partial charge in [0.05, 0.1) is 6.61 Å². The zero-order valence-corrected chi connectivity index (χ0v) is 14.5. The van der Waals surface area contributed by atoms with Crippen LogP contribution in [0.3, 0.4) is 0 Å². The van der Waals surface area contributed by atoms with E-state index in [4.69, 9.17) is 4.74 Å². The molecule has 0 aromatic heterocycles. The molecule has 2 amide bonds. The van der Waals surface area contributed by atoms with Crippen LogP contribution in [-0.4, -0.2) is 46.3 Å². The molecule has 0 saturated carbocycles. The maximum Gasteiger partial charge on any atom is 0.411 e. The molecular weight excluding hydrogens is 308 g/mol. The quantitative estimate of drug-likeness (QED) is 0.883. The van der Waals surface area contributed by atoms with Crippen LogP contribution in [0.1, 0.15) is 39.2 Å². The molecule has 1 aromatic carbocycles. The highest BCUT2D eigenvalue weighted by atomic mass is 16.6. The fourth-order valence-corrected chi connectivity index (χ4v) is 2.88. The maximum atomic E-state index is 12.7. The van der Waals surface area contributed by atoms with Crippen LogP contribution >= 0.6 is 0 Å². The molecule has 1 unspecified atom stereocenters. The van der Waals surface area contributed by atoms with Crippen LogP contribution in [0, 0.1) is 0 Å². The highest BCUT2D eigenvalue weighted by Gasteiger charge is 2.50. The number of hydrogen-bond donors (Lipinski definition) is 2. The maximum absolute atomic E-state index is 12.7. The molecule has 6 nitrogen and oxygen atoms in total. The summed E-state index contributed by atoms with van der Waals surface area (Å²) >= 11 is 0. The van der Waals surface area contributed by atoms with E-state index in [1.807, 2.05) is 30.3 Å². The summed E-state index contributed by atoms with van der Waals surface area (Å²) in [6.45, 7) is 5.65. The third kappa shape index (κ3) is 4.06. The van der Waals surface area contributed by atoms with E-state index < -0.39 is 23.8 Å². The molecule has 6 heteroatoms. The third-order valence-corrected chi connectivity index (χ3v) is 4.08. The molecule has 1 aliphatic heterocycles. The molecule has 2 rings (SSSR count). The lowest BCUT2D eigenvalue weighted by Gasteiger charge is -2.36. The summed E-state index contributed by atoms with van der Waals surface area (Å²) in [4.78, 5) is 26.5. The zero-order chi connectivity index (χ0) is 17.8. The number of benzene rings is 1. The normalized spacial score (nSPS) is 20.8. The van der Waals surface area contributed by atoms with Gasteiger partial charge in [-0.2, -0.15) is 0 Å². The Bertz CT molecular complexity index is 582. The van der Waals surface area contributed by atoms with Crippen LogP contribution in [0.5, 0.6) is 0 Å². The van der Waals surface area contributed by atoms with Gasteiger partial charge in [0.25, 0.3) is 0 Å². The van der Waals surface area contributed by atoms with Crippen LogP contribution in [0.15, 0.2) is 30.3 Å². The highest BCUT2D eigenvalue weighted by molar-refractivity contribution is 5.90. The lowest BCUT2D eigenvalue weighted by Crippen LogP contribution is -2.60. The molecule has 0 aliphatic carbocycles. The highest BCUT2D eigenvalue weighted by Crippen LogP contribution is 2.31. The molecule has 1 atom stereocenters. The fourth-order valence-electron chi connectivity index (χ4n) is 2.88. The molecule has 1 heterocycles. The number of ether oxygens (including phenoxy) is 1. The van der Waals surface area contributed by atoms with Crippen molar-refractivity contribution < 1.29 is 19.4 Å². The van der Waals surface area contributed by atoms with Crippen molar-refractivity contribution in [3.63, 3.8) is 0 Å². The number of amides is 2. The minimum Gasteiger partial charge on any atom is -0.444 e. The van der Waals surface area contributed by atoms with Gasteiger partial charge in [-0.3, -0.25) is 9.69 Å². The van der Waals surface area contributed by atoms with Crippen molar-refractivity contribution in [3.8, 4) is 0 Å². The van der Waals surface area contributed by atoms with Crippen molar-refractivity contribution in [2.75, 3.05) is 13.2 Å². The van der Waals surface area contributed by atoms with Gasteiger partial charge in [0.1, 0.15) is 11.1 Å². The van der Waals surface area contributed by atoms with E-state index in [2.05, 4.69) is 5.32 Å². The smallest absolute Gasteiger partial charge is 0.411 e. The number of aliphatic hydroxyl groups excluding tert-OH is 1. The van der Waals surface area contributed by atoms with E-state index in [1.165, 1.54) is 4.90 Å². The first kappa shape index (κ1) is 18.3. The largest absolute Gasteiger partial charge is 0.444 e. The summed E-state index contributed by atoms with van der Waals surface area (Å²) in [5.74, 6) is -0.350. The Morgan fingerprint density at radius 3 is 2.54 bits per heavy atom. The third-order valence-electron chi connectivity index (χ3n) is 4.08. The van der Waals surface area contributed by atoms with Crippen molar-refractivity contribution in [1.29, 1.82) is 0 Å². The Morgan fingerprint density at radius 2 is 1.96 bits per heavy atom. The zero-order valence-electron chi connectivity index (χ0n) is 14.5. The lowest BCUT2D eigenvalue weighted by atomic mass is 9.96. The average molecular weight is 334 g/mol. The van der Waals surface area contributed by atoms with E-state index >= 15 is 0 Å². The number of rotatable bonds is 4. The van der Waals surface area contributed by atoms with E-state index in [0.29, 0.717) is 25.9 Å². The van der Waals surface area contributed by atoms with Crippen molar-refractivity contribution in [2.24, 2.45) is 0 Å². The topological polar surface area (TPSA) is 78.9 Å². The van der Waals surface area contributed by atoms with Crippen molar-refractivity contribution in [3.05, 3.63) is 35.9 Å². The monoisotopic (exact) mass is 334 g/mol. The number of carbonyl (C=O) groups excluding carboxylic acids is 2. The van der Waals surface area contributed by atoms with Crippen LogP contribution < -0.4 is 5.32 Å². The second-order valence-electron chi connectivity index (χ2n) is 7.09. The number of carbonyl (C=O) groups is 2. The Kier molecular flexibility index (Phi) is 5.49. The second kappa shape index (κ2) is 7.21. The minimum absolute atomic E-state index is 0.350. The first-order valence-corrected chi connectivity index (χ1v) is 8.22. The summed E-state index contributed by atoms with van der Waals surface area (Å²) in [6, 6.07) is 9.51. The summed E-state index contributed by atoms with van der Waals surface area (Å²) < 4.78 is 5.39. The number of nitrogens with one attached hydrogen (secondary N) is 1. The Labute approximate surface area is 142 Å². The van der Waals surface area contributed by atoms with Gasteiger partial charge in [-0.25, -0.2) is 4.79 Å². The first-order chi connectivity index (χ1) is 11.3. The predicted molar refractivity (Wildman–Crippen MR) is 90.3 cm³/mol. The molecule has 1 aromatic rings. The van der Waals surface area contributed by atoms with Crippen LogP contribution in [0.25, 0.3) is 0 Å². The number of nitrogens with zero attached hydrogens (tertiary/aromatic N) is 1. The van der Waals surface area contributed by atoms with Gasteiger partial charge >= 0.3 is 6.09 Å². The Balaban J connectivity index is 2.10. The van der Waals surface area contributed by atoms with Crippen LogP contribution in [-0.2, 0) is 16.1 Å². The van der Waals surface area contributed by atoms with Crippen LogP contribution in [0.4, 0.5) is 4.79 Å². The number of likely N-dealkylation sites (tertiary alicyclic amines) is 1. The molecule has 1 aliphatic rings. The SMILES string of the molecule is CC(C)(C)OC(=O)N1CCCC1(CO)C(=O)NCc1ccccc1. The molecule has 2 N–H and O–H groups in total. The standard InChI is InChI=1S/C18H26N2O4/c1-17(2,3)24-16(23)20-11-7-10-18(20,13-21)15(22)19-12-14-8-5-4-6-9-14/h4-6,8-9,21H,7,10-13H2,1-3H3,(H,19,22). The molecular formula is C18H26N2O4. The Hall–Kier alpha value is -2.08. The average Bonchev–Trinajstić information content (AvgIpc) is 2.97. The molecule has 132 valence electrons. The Morgan fingerprint density at radius 1 is 1.29 bits per heavy atom. The molecule has 0 radical (unpaired) electrons. The minimum atomic E-state index is -1.25. The summed E-state index contributed by atoms with van der Waals surface area (Å²) in [6.07, 6.45) is 0.506. The van der Waals surface area contributed by atoms with E-state index in [-0.39, 0.29) is 5.91 Å². The summed E-state index contributed by atoms with van der Waals surface area (Å²) in [5.41, 5.74) is -0.945. The molecule has 1 fully saturated rings. The van der Waals surface area contributed by atoms with Gasteiger partial charge in [0.2, 0.25) is 5.91 Å². The molecule has 0 spiro atoms. The second-order valence-corrected chi connectivity index (χ2v) is 7.09. The van der Waals surface area contributed by atoms with Crippen LogP contribution in [0.2, 0.25) is 0 Å². The van der Waals surface area contributed by atoms with E-state index in [0.717, 1.165) is 5.56 Å². The van der Waals surface area contributed by atoms with Crippen molar-refractivity contribution in [1.82, 2.24) is 10.2 Å². The van der Waals surface area contributed by atoms with Gasteiger partial charge in [-0.15, -0.1) is 0 Å². The van der Waals surface area contributed by atoms with Crippen molar-refractivity contribution in [2.45, 2.75) is 51.3 Å².